The zero-order chi connectivity index (χ0) is 22.8. The molecule has 3 amide bonds. The lowest BCUT2D eigenvalue weighted by Gasteiger charge is -2.31. The molecule has 3 aliphatic heterocycles. The Morgan fingerprint density at radius 1 is 1.12 bits per heavy atom. The van der Waals surface area contributed by atoms with Crippen LogP contribution in [-0.4, -0.2) is 39.8 Å². The first kappa shape index (κ1) is 21.2. The highest BCUT2D eigenvalue weighted by Gasteiger charge is 2.70. The van der Waals surface area contributed by atoms with Gasteiger partial charge in [0.05, 0.1) is 11.8 Å². The molecule has 0 radical (unpaired) electrons. The fraction of sp³-hybridized carbons (Fsp3) is 0.375. The third-order valence-corrected chi connectivity index (χ3v) is 7.63. The maximum Gasteiger partial charge on any atom is 0.250 e. The topological polar surface area (TPSA) is 98.7 Å². The van der Waals surface area contributed by atoms with E-state index in [-0.39, 0.29) is 29.5 Å². The first-order valence-corrected chi connectivity index (χ1v) is 11.6. The summed E-state index contributed by atoms with van der Waals surface area (Å²) in [5.74, 6) is -2.13. The van der Waals surface area contributed by atoms with E-state index in [1.165, 1.54) is 4.90 Å². The van der Waals surface area contributed by atoms with Crippen LogP contribution in [0.1, 0.15) is 31.4 Å². The lowest BCUT2D eigenvalue weighted by Crippen LogP contribution is -2.54. The standard InChI is InChI=1S/C24H24BrN3O4/c1-3-12(2)28-21(30)19-18(10-13-4-7-15(29)8-5-13)27-24(20(19)22(28)31)16-11-14(25)6-9-17(16)26-23(24)32/h4-9,11-12,18-20,27,29H,3,10H2,1-2H3,(H,26,32)/t12-,18-,19+,20-,24-/m0/s1. The van der Waals surface area contributed by atoms with E-state index in [0.29, 0.717) is 24.1 Å². The van der Waals surface area contributed by atoms with E-state index in [9.17, 15) is 19.5 Å². The summed E-state index contributed by atoms with van der Waals surface area (Å²) < 4.78 is 0.794. The summed E-state index contributed by atoms with van der Waals surface area (Å²) in [7, 11) is 0. The molecule has 3 heterocycles. The quantitative estimate of drug-likeness (QED) is 0.564. The molecule has 0 unspecified atom stereocenters. The van der Waals surface area contributed by atoms with Gasteiger partial charge in [0.15, 0.2) is 0 Å². The second kappa shape index (κ2) is 7.42. The molecule has 166 valence electrons. The first-order chi connectivity index (χ1) is 15.3. The predicted octanol–water partition coefficient (Wildman–Crippen LogP) is 2.92. The van der Waals surface area contributed by atoms with Crippen molar-refractivity contribution in [2.24, 2.45) is 11.8 Å². The third kappa shape index (κ3) is 2.85. The number of phenolic OH excluding ortho intramolecular Hbond substituents is 1. The van der Waals surface area contributed by atoms with E-state index in [2.05, 4.69) is 26.6 Å². The van der Waals surface area contributed by atoms with Crippen LogP contribution in [0.5, 0.6) is 5.75 Å². The maximum atomic E-state index is 13.7. The molecule has 8 heteroatoms. The van der Waals surface area contributed by atoms with Crippen LogP contribution in [0.15, 0.2) is 46.9 Å². The summed E-state index contributed by atoms with van der Waals surface area (Å²) in [5.41, 5.74) is 0.941. The Bertz CT molecular complexity index is 1130. The molecule has 2 aromatic carbocycles. The van der Waals surface area contributed by atoms with Crippen LogP contribution in [0.3, 0.4) is 0 Å². The van der Waals surface area contributed by atoms with E-state index < -0.39 is 23.4 Å². The van der Waals surface area contributed by atoms with Crippen molar-refractivity contribution < 1.29 is 19.5 Å². The van der Waals surface area contributed by atoms with Crippen molar-refractivity contribution in [3.05, 3.63) is 58.1 Å². The van der Waals surface area contributed by atoms with Gasteiger partial charge in [0, 0.05) is 27.8 Å². The Hall–Kier alpha value is -2.71. The van der Waals surface area contributed by atoms with E-state index >= 15 is 0 Å². The highest BCUT2D eigenvalue weighted by Crippen LogP contribution is 2.54. The third-order valence-electron chi connectivity index (χ3n) is 7.13. The summed E-state index contributed by atoms with van der Waals surface area (Å²) in [6.07, 6.45) is 1.10. The fourth-order valence-electron chi connectivity index (χ4n) is 5.47. The van der Waals surface area contributed by atoms with Gasteiger partial charge in [-0.25, -0.2) is 0 Å². The first-order valence-electron chi connectivity index (χ1n) is 10.8. The number of fused-ring (bicyclic) bond motifs is 4. The number of amides is 3. The summed E-state index contributed by atoms with van der Waals surface area (Å²) in [6, 6.07) is 11.6. The summed E-state index contributed by atoms with van der Waals surface area (Å²) in [5, 5.41) is 16.0. The monoisotopic (exact) mass is 497 g/mol. The van der Waals surface area contributed by atoms with Gasteiger partial charge in [-0.05, 0) is 55.7 Å². The highest BCUT2D eigenvalue weighted by atomic mass is 79.9. The SMILES string of the molecule is CC[C@H](C)N1C(=O)[C@@H]2[C@H](Cc3ccc(O)cc3)N[C@]3(C(=O)Nc4ccc(Br)cc43)[C@@H]2C1=O. The number of hydrogen-bond acceptors (Lipinski definition) is 5. The second-order valence-electron chi connectivity index (χ2n) is 8.88. The molecule has 2 saturated heterocycles. The van der Waals surface area contributed by atoms with Crippen LogP contribution in [-0.2, 0) is 26.3 Å². The number of imide groups is 1. The van der Waals surface area contributed by atoms with Crippen molar-refractivity contribution in [3.63, 3.8) is 0 Å². The number of phenols is 1. The number of hydrogen-bond donors (Lipinski definition) is 3. The van der Waals surface area contributed by atoms with Gasteiger partial charge in [0.2, 0.25) is 17.7 Å². The van der Waals surface area contributed by atoms with E-state index in [1.807, 2.05) is 32.0 Å². The van der Waals surface area contributed by atoms with Crippen LogP contribution in [0, 0.1) is 11.8 Å². The van der Waals surface area contributed by atoms with Crippen molar-refractivity contribution in [1.29, 1.82) is 0 Å². The molecule has 7 nitrogen and oxygen atoms in total. The van der Waals surface area contributed by atoms with Gasteiger partial charge in [0.25, 0.3) is 0 Å². The average molecular weight is 498 g/mol. The molecule has 0 aliphatic carbocycles. The number of halogens is 1. The van der Waals surface area contributed by atoms with Gasteiger partial charge >= 0.3 is 0 Å². The largest absolute Gasteiger partial charge is 0.508 e. The van der Waals surface area contributed by atoms with Gasteiger partial charge < -0.3 is 10.4 Å². The van der Waals surface area contributed by atoms with Crippen LogP contribution in [0.2, 0.25) is 0 Å². The molecule has 0 aromatic heterocycles. The van der Waals surface area contributed by atoms with Crippen molar-refractivity contribution in [2.45, 2.75) is 44.3 Å². The van der Waals surface area contributed by atoms with Crippen LogP contribution in [0.25, 0.3) is 0 Å². The van der Waals surface area contributed by atoms with Gasteiger partial charge in [-0.3, -0.25) is 24.6 Å². The molecule has 1 spiro atoms. The van der Waals surface area contributed by atoms with E-state index in [0.717, 1.165) is 10.0 Å². The smallest absolute Gasteiger partial charge is 0.250 e. The zero-order valence-electron chi connectivity index (χ0n) is 17.8. The fourth-order valence-corrected chi connectivity index (χ4v) is 5.84. The molecule has 2 aromatic rings. The second-order valence-corrected chi connectivity index (χ2v) is 9.80. The van der Waals surface area contributed by atoms with Crippen molar-refractivity contribution in [2.75, 3.05) is 5.32 Å². The predicted molar refractivity (Wildman–Crippen MR) is 122 cm³/mol. The number of nitrogens with one attached hydrogen (secondary N) is 2. The van der Waals surface area contributed by atoms with E-state index in [1.54, 1.807) is 24.3 Å². The zero-order valence-corrected chi connectivity index (χ0v) is 19.3. The molecule has 3 aliphatic rings. The summed E-state index contributed by atoms with van der Waals surface area (Å²) in [4.78, 5) is 42.1. The lowest BCUT2D eigenvalue weighted by molar-refractivity contribution is -0.145. The minimum Gasteiger partial charge on any atom is -0.508 e. The van der Waals surface area contributed by atoms with Crippen LogP contribution in [0.4, 0.5) is 5.69 Å². The average Bonchev–Trinajstić information content (AvgIpc) is 3.34. The summed E-state index contributed by atoms with van der Waals surface area (Å²) >= 11 is 3.48. The lowest BCUT2D eigenvalue weighted by atomic mass is 9.76. The van der Waals surface area contributed by atoms with Crippen LogP contribution < -0.4 is 10.6 Å². The Labute approximate surface area is 194 Å². The number of anilines is 1. The molecule has 32 heavy (non-hydrogen) atoms. The van der Waals surface area contributed by atoms with Crippen molar-refractivity contribution >= 4 is 39.3 Å². The number of likely N-dealkylation sites (tertiary alicyclic amines) is 1. The summed E-state index contributed by atoms with van der Waals surface area (Å²) in [6.45, 7) is 3.81. The molecular weight excluding hydrogens is 474 g/mol. The number of aromatic hydroxyl groups is 1. The number of rotatable bonds is 4. The number of carbonyl (C=O) groups excluding carboxylic acids is 3. The van der Waals surface area contributed by atoms with Gasteiger partial charge in [-0.2, -0.15) is 0 Å². The van der Waals surface area contributed by atoms with E-state index in [4.69, 9.17) is 0 Å². The Morgan fingerprint density at radius 2 is 1.84 bits per heavy atom. The van der Waals surface area contributed by atoms with Gasteiger partial charge in [-0.15, -0.1) is 0 Å². The Balaban J connectivity index is 1.64. The maximum absolute atomic E-state index is 13.7. The normalized spacial score (nSPS) is 29.4. The molecule has 5 rings (SSSR count). The molecule has 2 fully saturated rings. The van der Waals surface area contributed by atoms with Crippen LogP contribution >= 0.6 is 15.9 Å². The Morgan fingerprint density at radius 3 is 2.53 bits per heavy atom. The van der Waals surface area contributed by atoms with Gasteiger partial charge in [0.1, 0.15) is 11.3 Å². The number of carbonyl (C=O) groups is 3. The molecule has 0 bridgehead atoms. The Kier molecular flexibility index (Phi) is 4.90. The molecule has 3 N–H and O–H groups in total. The van der Waals surface area contributed by atoms with Crippen molar-refractivity contribution in [1.82, 2.24) is 10.2 Å². The number of nitrogens with zero attached hydrogens (tertiary/aromatic N) is 1. The molecule has 5 atom stereocenters. The highest BCUT2D eigenvalue weighted by molar-refractivity contribution is 9.10. The molecule has 0 saturated carbocycles. The van der Waals surface area contributed by atoms with Crippen molar-refractivity contribution in [3.8, 4) is 5.75 Å². The minimum absolute atomic E-state index is 0.159. The minimum atomic E-state index is -1.31. The van der Waals surface area contributed by atoms with Gasteiger partial charge in [-0.1, -0.05) is 35.0 Å². The number of benzene rings is 2. The molecular formula is C24H24BrN3O4.